The molecule has 0 saturated heterocycles. The fraction of sp³-hybridized carbons (Fsp3) is 0.0400. The molecular weight excluding hydrogens is 963 g/mol. The van der Waals surface area contributed by atoms with Crippen molar-refractivity contribution in [1.29, 1.82) is 0 Å². The van der Waals surface area contributed by atoms with Crippen LogP contribution < -0.4 is 9.64 Å². The maximum atomic E-state index is 6.84. The number of anilines is 3. The first kappa shape index (κ1) is 43.8. The van der Waals surface area contributed by atoms with Crippen molar-refractivity contribution < 1.29 is 4.74 Å². The summed E-state index contributed by atoms with van der Waals surface area (Å²) in [5.74, 6) is 1.76. The van der Waals surface area contributed by atoms with Gasteiger partial charge in [0.2, 0.25) is 0 Å². The van der Waals surface area contributed by atoms with Crippen LogP contribution >= 0.6 is 11.8 Å². The molecule has 0 aromatic heterocycles. The van der Waals surface area contributed by atoms with Gasteiger partial charge in [0.1, 0.15) is 11.5 Å². The first-order valence-electron chi connectivity index (χ1n) is 27.1. The van der Waals surface area contributed by atoms with E-state index < -0.39 is 16.2 Å². The van der Waals surface area contributed by atoms with Crippen molar-refractivity contribution in [3.05, 3.63) is 352 Å². The smallest absolute Gasteiger partial charge is 0.132 e. The molecule has 3 heteroatoms. The summed E-state index contributed by atoms with van der Waals surface area (Å²) in [5, 5.41) is 0. The molecule has 2 heterocycles. The molecule has 2 spiro atoms. The molecule has 0 saturated carbocycles. The number of rotatable bonds is 5. The highest BCUT2D eigenvalue weighted by molar-refractivity contribution is 7.99. The number of hydrogen-bond acceptors (Lipinski definition) is 3. The van der Waals surface area contributed by atoms with E-state index in [-0.39, 0.29) is 0 Å². The summed E-state index contributed by atoms with van der Waals surface area (Å²) < 4.78 is 6.84. The van der Waals surface area contributed by atoms with Crippen molar-refractivity contribution in [3.63, 3.8) is 0 Å². The Hall–Kier alpha value is -9.41. The number of ether oxygens (including phenoxy) is 1. The van der Waals surface area contributed by atoms with Gasteiger partial charge in [-0.15, -0.1) is 0 Å². The molecule has 78 heavy (non-hydrogen) atoms. The Morgan fingerprint density at radius 2 is 0.654 bits per heavy atom. The van der Waals surface area contributed by atoms with E-state index in [4.69, 9.17) is 4.74 Å². The summed E-state index contributed by atoms with van der Waals surface area (Å²) in [6, 6.07) is 107. The van der Waals surface area contributed by atoms with Gasteiger partial charge in [-0.25, -0.2) is 0 Å². The van der Waals surface area contributed by atoms with Gasteiger partial charge in [0.25, 0.3) is 0 Å². The maximum absolute atomic E-state index is 6.84. The Kier molecular flexibility index (Phi) is 9.15. The molecule has 0 unspecified atom stereocenters. The topological polar surface area (TPSA) is 12.5 Å². The largest absolute Gasteiger partial charge is 0.457 e. The van der Waals surface area contributed by atoms with Crippen LogP contribution in [0.4, 0.5) is 17.1 Å². The van der Waals surface area contributed by atoms with Gasteiger partial charge < -0.3 is 9.64 Å². The van der Waals surface area contributed by atoms with Crippen LogP contribution in [0.25, 0.3) is 33.4 Å². The van der Waals surface area contributed by atoms with E-state index in [1.165, 1.54) is 98.8 Å². The molecule has 364 valence electrons. The van der Waals surface area contributed by atoms with Crippen LogP contribution in [-0.2, 0) is 16.2 Å². The lowest BCUT2D eigenvalue weighted by Gasteiger charge is -2.40. The molecule has 2 nitrogen and oxygen atoms in total. The van der Waals surface area contributed by atoms with Gasteiger partial charge in [0.05, 0.1) is 27.6 Å². The van der Waals surface area contributed by atoms with Crippen LogP contribution in [0.1, 0.15) is 66.8 Å². The minimum absolute atomic E-state index is 0.505. The highest BCUT2D eigenvalue weighted by Crippen LogP contribution is 2.67. The summed E-state index contributed by atoms with van der Waals surface area (Å²) in [4.78, 5) is 5.22. The molecule has 0 fully saturated rings. The van der Waals surface area contributed by atoms with E-state index >= 15 is 0 Å². The number of para-hydroxylation sites is 2. The van der Waals surface area contributed by atoms with E-state index in [1.54, 1.807) is 0 Å². The van der Waals surface area contributed by atoms with E-state index in [0.29, 0.717) is 0 Å². The molecular formula is C75H47NOS. The van der Waals surface area contributed by atoms with Gasteiger partial charge in [0, 0.05) is 37.7 Å². The summed E-state index contributed by atoms with van der Waals surface area (Å²) in [6.07, 6.45) is 0. The molecule has 3 aliphatic carbocycles. The standard InChI is InChI=1S/C75H47NOS/c1-3-23-48(24-4-1)73(49-25-5-2-6-26-49)56-31-11-8-28-52(56)71-63(73)37-21-39-65(71)76(50-45-46-58-54(47-50)51-27-7-10-30-55(51)74(58)61-35-15-19-43-69(61)78-70-44-20-16-36-62(70)74)66-40-22-38-64-72(66)53-29-9-12-32-57(53)75(64)59-33-13-17-41-67(59)77-68-42-18-14-34-60(68)75/h1-47H. The zero-order chi connectivity index (χ0) is 51.2. The molecule has 0 radical (unpaired) electrons. The minimum Gasteiger partial charge on any atom is -0.457 e. The van der Waals surface area contributed by atoms with Crippen molar-refractivity contribution in [3.8, 4) is 44.9 Å². The lowest BCUT2D eigenvalue weighted by atomic mass is 9.66. The van der Waals surface area contributed by atoms with Gasteiger partial charge in [-0.05, 0) is 126 Å². The van der Waals surface area contributed by atoms with Crippen LogP contribution in [-0.4, -0.2) is 0 Å². The van der Waals surface area contributed by atoms with Crippen LogP contribution in [0, 0.1) is 0 Å². The molecule has 0 atom stereocenters. The van der Waals surface area contributed by atoms with Crippen LogP contribution in [0.5, 0.6) is 11.5 Å². The quantitative estimate of drug-likeness (QED) is 0.170. The van der Waals surface area contributed by atoms with Gasteiger partial charge in [-0.1, -0.05) is 248 Å². The Labute approximate surface area is 458 Å². The van der Waals surface area contributed by atoms with Gasteiger partial charge in [0.15, 0.2) is 0 Å². The van der Waals surface area contributed by atoms with Gasteiger partial charge >= 0.3 is 0 Å². The van der Waals surface area contributed by atoms with E-state index in [1.807, 2.05) is 11.8 Å². The van der Waals surface area contributed by atoms with E-state index in [0.717, 1.165) is 39.7 Å². The predicted molar refractivity (Wildman–Crippen MR) is 317 cm³/mol. The summed E-state index contributed by atoms with van der Waals surface area (Å²) in [5.41, 5.74) is 24.1. The third-order valence-corrected chi connectivity index (χ3v) is 19.0. The Bertz CT molecular complexity index is 4350. The SMILES string of the molecule is c1ccc(C2(c3ccccc3)c3ccccc3-c3c(N(c4ccc5c(c4)-c4ccccc4C54c5ccccc5Sc5ccccc54)c4cccc5c4-c4ccccc4C54c5ccccc5Oc5ccccc54)cccc32)cc1. The third kappa shape index (κ3) is 5.48. The highest BCUT2D eigenvalue weighted by atomic mass is 32.2. The molecule has 0 N–H and O–H groups in total. The third-order valence-electron chi connectivity index (χ3n) is 17.9. The fourth-order valence-corrected chi connectivity index (χ4v) is 16.3. The predicted octanol–water partition coefficient (Wildman–Crippen LogP) is 18.8. The lowest BCUT2D eigenvalue weighted by molar-refractivity contribution is 0.436. The molecule has 12 aromatic rings. The molecule has 17 rings (SSSR count). The van der Waals surface area contributed by atoms with Crippen molar-refractivity contribution in [1.82, 2.24) is 0 Å². The van der Waals surface area contributed by atoms with Crippen LogP contribution in [0.15, 0.2) is 295 Å². The maximum Gasteiger partial charge on any atom is 0.132 e. The zero-order valence-electron chi connectivity index (χ0n) is 42.4. The number of hydrogen-bond donors (Lipinski definition) is 0. The number of benzene rings is 12. The van der Waals surface area contributed by atoms with Crippen molar-refractivity contribution in [2.45, 2.75) is 26.0 Å². The first-order chi connectivity index (χ1) is 38.7. The molecule has 5 aliphatic rings. The molecule has 2 aliphatic heterocycles. The van der Waals surface area contributed by atoms with E-state index in [2.05, 4.69) is 290 Å². The lowest BCUT2D eigenvalue weighted by Crippen LogP contribution is -2.32. The second-order valence-corrected chi connectivity index (χ2v) is 22.4. The molecule has 0 bridgehead atoms. The Morgan fingerprint density at radius 3 is 1.21 bits per heavy atom. The monoisotopic (exact) mass is 1010 g/mol. The van der Waals surface area contributed by atoms with Gasteiger partial charge in [-0.2, -0.15) is 0 Å². The summed E-state index contributed by atoms with van der Waals surface area (Å²) in [6.45, 7) is 0. The number of fused-ring (bicyclic) bond motifs is 21. The van der Waals surface area contributed by atoms with Crippen LogP contribution in [0.3, 0.4) is 0 Å². The number of nitrogens with zero attached hydrogens (tertiary/aromatic N) is 1. The summed E-state index contributed by atoms with van der Waals surface area (Å²) in [7, 11) is 0. The minimum atomic E-state index is -0.650. The second-order valence-electron chi connectivity index (χ2n) is 21.3. The molecule has 0 amide bonds. The Balaban J connectivity index is 0.999. The summed E-state index contributed by atoms with van der Waals surface area (Å²) >= 11 is 1.89. The molecule has 12 aromatic carbocycles. The zero-order valence-corrected chi connectivity index (χ0v) is 43.2. The second kappa shape index (κ2) is 16.3. The van der Waals surface area contributed by atoms with E-state index in [9.17, 15) is 0 Å². The highest BCUT2D eigenvalue weighted by Gasteiger charge is 2.54. The van der Waals surface area contributed by atoms with Crippen LogP contribution in [0.2, 0.25) is 0 Å². The van der Waals surface area contributed by atoms with Crippen molar-refractivity contribution in [2.24, 2.45) is 0 Å². The van der Waals surface area contributed by atoms with Gasteiger partial charge in [-0.3, -0.25) is 0 Å². The Morgan fingerprint density at radius 1 is 0.269 bits per heavy atom. The average Bonchev–Trinajstić information content (AvgIpc) is 4.26. The fourth-order valence-electron chi connectivity index (χ4n) is 15.1. The average molecular weight is 1010 g/mol. The van der Waals surface area contributed by atoms with Crippen molar-refractivity contribution in [2.75, 3.05) is 4.90 Å². The van der Waals surface area contributed by atoms with Crippen molar-refractivity contribution >= 4 is 28.8 Å². The normalized spacial score (nSPS) is 15.0. The first-order valence-corrected chi connectivity index (χ1v) is 27.9.